The molecule has 5 rings (SSSR count). The van der Waals surface area contributed by atoms with Crippen LogP contribution in [0.2, 0.25) is 0 Å². The minimum Gasteiger partial charge on any atom is -0.388 e. The second kappa shape index (κ2) is 13.0. The molecule has 4 fully saturated rings. The van der Waals surface area contributed by atoms with Crippen LogP contribution in [0.25, 0.3) is 0 Å². The molecule has 0 aromatic carbocycles. The SMILES string of the molecule is C=C1C2CCC(CC2)N1CCCNc1nc(/N=C(N)/C(=C\NC(CCC)CCC)C2CC2)ncc1C(F)(F)F. The van der Waals surface area contributed by atoms with Crippen molar-refractivity contribution < 1.29 is 13.2 Å². The summed E-state index contributed by atoms with van der Waals surface area (Å²) in [5.41, 5.74) is 7.51. The highest BCUT2D eigenvalue weighted by atomic mass is 19.4. The molecule has 2 saturated carbocycles. The predicted molar refractivity (Wildman–Crippen MR) is 151 cm³/mol. The Morgan fingerprint density at radius 2 is 1.87 bits per heavy atom. The maximum Gasteiger partial charge on any atom is 0.421 e. The van der Waals surface area contributed by atoms with Crippen LogP contribution in [0, 0.1) is 11.8 Å². The standard InChI is InChI=1S/C29H44F3N7/c1-4-7-22(8-5-2)35-17-24(21-9-10-21)26(33)37-28-36-18-25(29(30,31)32)27(38-28)34-15-6-16-39-19(3)20-11-13-23(39)14-12-20/h17-18,20-23,35H,3-16H2,1-2H3,(H3,33,34,36,37,38)/b24-17-. The topological polar surface area (TPSA) is 91.5 Å². The van der Waals surface area contributed by atoms with Gasteiger partial charge in [-0.25, -0.2) is 4.98 Å². The van der Waals surface area contributed by atoms with E-state index >= 15 is 0 Å². The number of hydrogen-bond acceptors (Lipinski definition) is 6. The summed E-state index contributed by atoms with van der Waals surface area (Å²) in [4.78, 5) is 14.7. The third-order valence-electron chi connectivity index (χ3n) is 8.21. The maximum absolute atomic E-state index is 13.7. The van der Waals surface area contributed by atoms with Gasteiger partial charge in [0.05, 0.1) is 0 Å². The Labute approximate surface area is 230 Å². The molecule has 2 aliphatic heterocycles. The molecule has 2 saturated heterocycles. The fourth-order valence-electron chi connectivity index (χ4n) is 5.92. The van der Waals surface area contributed by atoms with E-state index in [1.54, 1.807) is 0 Å². The highest BCUT2D eigenvalue weighted by molar-refractivity contribution is 5.99. The summed E-state index contributed by atoms with van der Waals surface area (Å²) in [7, 11) is 0. The number of halogens is 3. The van der Waals surface area contributed by atoms with Crippen molar-refractivity contribution >= 4 is 17.6 Å². The molecule has 4 aliphatic rings. The van der Waals surface area contributed by atoms with E-state index in [0.29, 0.717) is 36.9 Å². The first-order valence-electron chi connectivity index (χ1n) is 14.6. The molecule has 1 aromatic heterocycles. The first-order valence-corrected chi connectivity index (χ1v) is 14.6. The zero-order valence-corrected chi connectivity index (χ0v) is 23.4. The van der Waals surface area contributed by atoms with Gasteiger partial charge in [-0.05, 0) is 69.6 Å². The summed E-state index contributed by atoms with van der Waals surface area (Å²) in [6, 6.07) is 0.871. The number of hydrogen-bond donors (Lipinski definition) is 3. The van der Waals surface area contributed by atoms with Crippen molar-refractivity contribution in [2.24, 2.45) is 22.6 Å². The van der Waals surface area contributed by atoms with Crippen LogP contribution in [-0.2, 0) is 6.18 Å². The van der Waals surface area contributed by atoms with Gasteiger partial charge in [-0.15, -0.1) is 0 Å². The molecule has 0 spiro atoms. The Morgan fingerprint density at radius 3 is 2.46 bits per heavy atom. The summed E-state index contributed by atoms with van der Waals surface area (Å²) in [6.45, 7) is 9.72. The number of piperidine rings is 2. The fourth-order valence-corrected chi connectivity index (χ4v) is 5.92. The van der Waals surface area contributed by atoms with Crippen LogP contribution < -0.4 is 16.4 Å². The van der Waals surface area contributed by atoms with Gasteiger partial charge >= 0.3 is 6.18 Å². The minimum absolute atomic E-state index is 0.0741. The Bertz CT molecular complexity index is 1030. The van der Waals surface area contributed by atoms with Gasteiger partial charge in [0.1, 0.15) is 17.2 Å². The van der Waals surface area contributed by atoms with Gasteiger partial charge in [0.15, 0.2) is 0 Å². The number of aliphatic imine (C=N–C) groups is 1. The van der Waals surface area contributed by atoms with Gasteiger partial charge in [0.25, 0.3) is 5.95 Å². The number of aromatic nitrogens is 2. The molecule has 4 N–H and O–H groups in total. The van der Waals surface area contributed by atoms with Crippen LogP contribution in [0.4, 0.5) is 24.9 Å². The van der Waals surface area contributed by atoms with E-state index in [2.05, 4.69) is 50.9 Å². The highest BCUT2D eigenvalue weighted by Gasteiger charge is 2.37. The molecule has 3 heterocycles. The lowest BCUT2D eigenvalue weighted by atomic mass is 9.78. The summed E-state index contributed by atoms with van der Waals surface area (Å²) in [5, 5.41) is 6.39. The summed E-state index contributed by atoms with van der Waals surface area (Å²) in [6.07, 6.45) is 9.90. The van der Waals surface area contributed by atoms with Crippen molar-refractivity contribution in [2.45, 2.75) is 103 Å². The van der Waals surface area contributed by atoms with Gasteiger partial charge in [-0.3, -0.25) is 0 Å². The predicted octanol–water partition coefficient (Wildman–Crippen LogP) is 6.53. The number of alkyl halides is 3. The Kier molecular flexibility index (Phi) is 9.77. The lowest BCUT2D eigenvalue weighted by Gasteiger charge is -2.48. The normalized spacial score (nSPS) is 22.1. The second-order valence-electron chi connectivity index (χ2n) is 11.2. The van der Waals surface area contributed by atoms with E-state index < -0.39 is 11.7 Å². The molecule has 10 heteroatoms. The Hall–Kier alpha value is -2.78. The number of nitrogens with two attached hydrogens (primary N) is 1. The summed E-state index contributed by atoms with van der Waals surface area (Å²) < 4.78 is 41.2. The number of nitrogens with zero attached hydrogens (tertiary/aromatic N) is 4. The van der Waals surface area contributed by atoms with Crippen molar-refractivity contribution in [1.29, 1.82) is 0 Å². The lowest BCUT2D eigenvalue weighted by molar-refractivity contribution is -0.137. The molecule has 2 bridgehead atoms. The summed E-state index contributed by atoms with van der Waals surface area (Å²) >= 11 is 0. The largest absolute Gasteiger partial charge is 0.421 e. The van der Waals surface area contributed by atoms with Gasteiger partial charge < -0.3 is 21.3 Å². The number of amidine groups is 1. The molecule has 2 aliphatic carbocycles. The minimum atomic E-state index is -4.58. The average Bonchev–Trinajstić information content (AvgIpc) is 3.73. The van der Waals surface area contributed by atoms with Crippen LogP contribution in [-0.4, -0.2) is 45.9 Å². The number of anilines is 1. The average molecular weight is 548 g/mol. The van der Waals surface area contributed by atoms with Crippen molar-refractivity contribution in [3.63, 3.8) is 0 Å². The number of fused-ring (bicyclic) bond motifs is 3. The first kappa shape index (κ1) is 29.2. The molecule has 0 atom stereocenters. The first-order chi connectivity index (χ1) is 18.7. The second-order valence-corrected chi connectivity index (χ2v) is 11.2. The molecule has 1 aromatic rings. The fraction of sp³-hybridized carbons (Fsp3) is 0.690. The number of rotatable bonds is 14. The van der Waals surface area contributed by atoms with Crippen LogP contribution >= 0.6 is 0 Å². The van der Waals surface area contributed by atoms with Crippen molar-refractivity contribution in [2.75, 3.05) is 18.4 Å². The van der Waals surface area contributed by atoms with Gasteiger partial charge in [-0.2, -0.15) is 23.1 Å². The van der Waals surface area contributed by atoms with Crippen LogP contribution in [0.15, 0.2) is 35.2 Å². The molecule has 0 amide bonds. The van der Waals surface area contributed by atoms with E-state index in [-0.39, 0.29) is 17.6 Å². The quantitative estimate of drug-likeness (QED) is 0.139. The van der Waals surface area contributed by atoms with Gasteiger partial charge in [0, 0.05) is 48.8 Å². The molecule has 7 nitrogen and oxygen atoms in total. The molecule has 216 valence electrons. The van der Waals surface area contributed by atoms with Crippen molar-refractivity contribution in [3.8, 4) is 0 Å². The van der Waals surface area contributed by atoms with E-state index in [9.17, 15) is 13.2 Å². The Morgan fingerprint density at radius 1 is 1.18 bits per heavy atom. The number of allylic oxidation sites excluding steroid dienone is 1. The molecule has 0 radical (unpaired) electrons. The van der Waals surface area contributed by atoms with E-state index in [1.807, 2.05) is 6.20 Å². The van der Waals surface area contributed by atoms with E-state index in [0.717, 1.165) is 56.8 Å². The third kappa shape index (κ3) is 7.66. The summed E-state index contributed by atoms with van der Waals surface area (Å²) in [5.74, 6) is 0.776. The van der Waals surface area contributed by atoms with Gasteiger partial charge in [0.2, 0.25) is 0 Å². The zero-order chi connectivity index (χ0) is 28.0. The molecule has 39 heavy (non-hydrogen) atoms. The Balaban J connectivity index is 1.44. The van der Waals surface area contributed by atoms with E-state index in [4.69, 9.17) is 5.73 Å². The zero-order valence-electron chi connectivity index (χ0n) is 23.4. The van der Waals surface area contributed by atoms with Gasteiger partial charge in [-0.1, -0.05) is 33.3 Å². The van der Waals surface area contributed by atoms with Crippen molar-refractivity contribution in [1.82, 2.24) is 20.2 Å². The van der Waals surface area contributed by atoms with E-state index in [1.165, 1.54) is 31.4 Å². The number of nitrogens with one attached hydrogen (secondary N) is 2. The van der Waals surface area contributed by atoms with Crippen molar-refractivity contribution in [3.05, 3.63) is 35.8 Å². The maximum atomic E-state index is 13.7. The third-order valence-corrected chi connectivity index (χ3v) is 8.21. The highest BCUT2D eigenvalue weighted by Crippen LogP contribution is 2.41. The van der Waals surface area contributed by atoms with Crippen LogP contribution in [0.1, 0.15) is 90.0 Å². The molecular weight excluding hydrogens is 503 g/mol. The smallest absolute Gasteiger partial charge is 0.388 e. The monoisotopic (exact) mass is 547 g/mol. The van der Waals surface area contributed by atoms with Crippen LogP contribution in [0.5, 0.6) is 0 Å². The van der Waals surface area contributed by atoms with Crippen LogP contribution in [0.3, 0.4) is 0 Å². The molecule has 0 unspecified atom stereocenters. The molecular formula is C29H44F3N7. The lowest BCUT2D eigenvalue weighted by Crippen LogP contribution is -2.46.